The van der Waals surface area contributed by atoms with Gasteiger partial charge in [-0.15, -0.1) is 0 Å². The molecule has 178 valence electrons. The summed E-state index contributed by atoms with van der Waals surface area (Å²) in [7, 11) is 1.20. The minimum Gasteiger partial charge on any atom is -0.494 e. The van der Waals surface area contributed by atoms with E-state index >= 15 is 8.78 Å². The predicted octanol–water partition coefficient (Wildman–Crippen LogP) is 5.00. The number of rotatable bonds is 5. The second-order valence-electron chi connectivity index (χ2n) is 8.42. The summed E-state index contributed by atoms with van der Waals surface area (Å²) in [5, 5.41) is 0. The van der Waals surface area contributed by atoms with Crippen molar-refractivity contribution in [3.05, 3.63) is 65.4 Å². The standard InChI is InChI=1S/C25H24F3N3O3/c1-13-6-5-11-34-25(13,2)19-17(14-7-4-10-30-12-14)23(24(29)32)31-22(21(19)28)18-15(26)8-9-16(33-3)20(18)27/h4,7-10,12-13H,5-6,11H2,1-3H3,(H2,29,32). The Hall–Kier alpha value is -3.46. The van der Waals surface area contributed by atoms with E-state index in [0.717, 1.165) is 18.6 Å². The van der Waals surface area contributed by atoms with Crippen molar-refractivity contribution < 1.29 is 27.4 Å². The Labute approximate surface area is 194 Å². The van der Waals surface area contributed by atoms with Crippen molar-refractivity contribution in [3.63, 3.8) is 0 Å². The van der Waals surface area contributed by atoms with Crippen LogP contribution in [0.1, 0.15) is 42.7 Å². The molecule has 3 aromatic rings. The lowest BCUT2D eigenvalue weighted by Gasteiger charge is -2.41. The summed E-state index contributed by atoms with van der Waals surface area (Å²) in [6.07, 6.45) is 4.44. The van der Waals surface area contributed by atoms with Gasteiger partial charge in [0, 0.05) is 35.7 Å². The lowest BCUT2D eigenvalue weighted by molar-refractivity contribution is -0.108. The Balaban J connectivity index is 2.17. The number of nitrogens with zero attached hydrogens (tertiary/aromatic N) is 2. The molecule has 4 rings (SSSR count). The fraction of sp³-hybridized carbons (Fsp3) is 0.320. The number of hydrogen-bond donors (Lipinski definition) is 1. The number of halogens is 3. The van der Waals surface area contributed by atoms with Crippen LogP contribution in [0.3, 0.4) is 0 Å². The monoisotopic (exact) mass is 471 g/mol. The van der Waals surface area contributed by atoms with E-state index in [1.54, 1.807) is 19.1 Å². The van der Waals surface area contributed by atoms with Gasteiger partial charge in [-0.3, -0.25) is 9.78 Å². The summed E-state index contributed by atoms with van der Waals surface area (Å²) in [6.45, 7) is 3.93. The molecule has 1 amide bonds. The number of aromatic nitrogens is 2. The molecule has 0 bridgehead atoms. The van der Waals surface area contributed by atoms with E-state index in [-0.39, 0.29) is 28.5 Å². The summed E-state index contributed by atoms with van der Waals surface area (Å²) >= 11 is 0. The van der Waals surface area contributed by atoms with Crippen molar-refractivity contribution >= 4 is 5.91 Å². The average Bonchev–Trinajstić information content (AvgIpc) is 2.82. The van der Waals surface area contributed by atoms with Gasteiger partial charge in [0.05, 0.1) is 18.3 Å². The van der Waals surface area contributed by atoms with Gasteiger partial charge in [0.15, 0.2) is 17.4 Å². The van der Waals surface area contributed by atoms with E-state index in [1.165, 1.54) is 19.5 Å². The van der Waals surface area contributed by atoms with Gasteiger partial charge < -0.3 is 15.2 Å². The van der Waals surface area contributed by atoms with E-state index in [2.05, 4.69) is 9.97 Å². The molecule has 2 atom stereocenters. The van der Waals surface area contributed by atoms with Crippen molar-refractivity contribution in [3.8, 4) is 28.1 Å². The molecular formula is C25H24F3N3O3. The third-order valence-corrected chi connectivity index (χ3v) is 6.45. The number of carbonyl (C=O) groups is 1. The average molecular weight is 471 g/mol. The number of ether oxygens (including phenoxy) is 2. The topological polar surface area (TPSA) is 87.3 Å². The lowest BCUT2D eigenvalue weighted by atomic mass is 9.75. The number of methoxy groups -OCH3 is 1. The Kier molecular flexibility index (Phi) is 6.31. The Bertz CT molecular complexity index is 1250. The number of hydrogen-bond acceptors (Lipinski definition) is 5. The van der Waals surface area contributed by atoms with E-state index in [4.69, 9.17) is 15.2 Å². The van der Waals surface area contributed by atoms with Gasteiger partial charge in [0.2, 0.25) is 0 Å². The Morgan fingerprint density at radius 2 is 1.97 bits per heavy atom. The second kappa shape index (κ2) is 9.06. The first-order chi connectivity index (χ1) is 16.2. The molecule has 9 heteroatoms. The van der Waals surface area contributed by atoms with Gasteiger partial charge in [-0.05, 0) is 43.9 Å². The number of pyridine rings is 2. The molecule has 0 aliphatic carbocycles. The second-order valence-corrected chi connectivity index (χ2v) is 8.42. The van der Waals surface area contributed by atoms with Crippen LogP contribution in [0, 0.1) is 23.4 Å². The van der Waals surface area contributed by atoms with Gasteiger partial charge in [-0.2, -0.15) is 0 Å². The van der Waals surface area contributed by atoms with E-state index in [9.17, 15) is 9.18 Å². The van der Waals surface area contributed by atoms with Gasteiger partial charge in [0.25, 0.3) is 5.91 Å². The largest absolute Gasteiger partial charge is 0.494 e. The first-order valence-corrected chi connectivity index (χ1v) is 10.8. The SMILES string of the molecule is COc1ccc(F)c(-c2nc(C(N)=O)c(-c3cccnc3)c(C3(C)OCCCC3C)c2F)c1F. The molecule has 1 aliphatic heterocycles. The third kappa shape index (κ3) is 3.79. The lowest BCUT2D eigenvalue weighted by Crippen LogP contribution is -2.40. The zero-order chi connectivity index (χ0) is 24.6. The van der Waals surface area contributed by atoms with Gasteiger partial charge in [0.1, 0.15) is 17.2 Å². The van der Waals surface area contributed by atoms with Crippen LogP contribution in [-0.2, 0) is 10.3 Å². The Morgan fingerprint density at radius 1 is 1.21 bits per heavy atom. The van der Waals surface area contributed by atoms with Gasteiger partial charge in [-0.25, -0.2) is 18.2 Å². The highest BCUT2D eigenvalue weighted by Crippen LogP contribution is 2.47. The molecule has 0 radical (unpaired) electrons. The van der Waals surface area contributed by atoms with Crippen LogP contribution in [0.4, 0.5) is 13.2 Å². The number of carbonyl (C=O) groups excluding carboxylic acids is 1. The number of primary amides is 1. The first kappa shape index (κ1) is 23.7. The zero-order valence-electron chi connectivity index (χ0n) is 19.0. The highest BCUT2D eigenvalue weighted by molar-refractivity contribution is 6.00. The number of nitrogens with two attached hydrogens (primary N) is 1. The molecule has 1 aromatic carbocycles. The molecule has 34 heavy (non-hydrogen) atoms. The van der Waals surface area contributed by atoms with Crippen LogP contribution in [0.15, 0.2) is 36.7 Å². The molecular weight excluding hydrogens is 447 g/mol. The molecule has 3 heterocycles. The van der Waals surface area contributed by atoms with Crippen molar-refractivity contribution in [2.45, 2.75) is 32.3 Å². The summed E-state index contributed by atoms with van der Waals surface area (Å²) in [5.41, 5.74) is 3.05. The van der Waals surface area contributed by atoms with E-state index in [0.29, 0.717) is 18.6 Å². The number of amides is 1. The minimum absolute atomic E-state index is 0.0480. The smallest absolute Gasteiger partial charge is 0.267 e. The van der Waals surface area contributed by atoms with Crippen LogP contribution in [0.5, 0.6) is 5.75 Å². The molecule has 0 spiro atoms. The molecule has 2 N–H and O–H groups in total. The normalized spacial score (nSPS) is 20.2. The van der Waals surface area contributed by atoms with Crippen LogP contribution < -0.4 is 10.5 Å². The summed E-state index contributed by atoms with van der Waals surface area (Å²) in [4.78, 5) is 20.7. The molecule has 6 nitrogen and oxygen atoms in total. The van der Waals surface area contributed by atoms with E-state index < -0.39 is 40.2 Å². The van der Waals surface area contributed by atoms with E-state index in [1.807, 2.05) is 6.92 Å². The fourth-order valence-corrected chi connectivity index (χ4v) is 4.48. The molecule has 1 fully saturated rings. The van der Waals surface area contributed by atoms with Crippen LogP contribution in [0.2, 0.25) is 0 Å². The van der Waals surface area contributed by atoms with Crippen LogP contribution >= 0.6 is 0 Å². The van der Waals surface area contributed by atoms with Crippen molar-refractivity contribution in [2.24, 2.45) is 11.7 Å². The molecule has 1 aliphatic rings. The Morgan fingerprint density at radius 3 is 2.59 bits per heavy atom. The minimum atomic E-state index is -1.23. The van der Waals surface area contributed by atoms with Crippen molar-refractivity contribution in [2.75, 3.05) is 13.7 Å². The predicted molar refractivity (Wildman–Crippen MR) is 120 cm³/mol. The van der Waals surface area contributed by atoms with Crippen LogP contribution in [-0.4, -0.2) is 29.6 Å². The summed E-state index contributed by atoms with van der Waals surface area (Å²) in [5.74, 6) is -4.70. The molecule has 1 saturated heterocycles. The van der Waals surface area contributed by atoms with Crippen LogP contribution in [0.25, 0.3) is 22.4 Å². The molecule has 2 aromatic heterocycles. The molecule has 0 saturated carbocycles. The quantitative estimate of drug-likeness (QED) is 0.566. The molecule has 2 unspecified atom stereocenters. The van der Waals surface area contributed by atoms with Crippen molar-refractivity contribution in [1.29, 1.82) is 0 Å². The summed E-state index contributed by atoms with van der Waals surface area (Å²) in [6, 6.07) is 5.27. The zero-order valence-corrected chi connectivity index (χ0v) is 19.0. The number of benzene rings is 1. The maximum atomic E-state index is 16.5. The van der Waals surface area contributed by atoms with Crippen molar-refractivity contribution in [1.82, 2.24) is 9.97 Å². The summed E-state index contributed by atoms with van der Waals surface area (Å²) < 4.78 is 57.5. The maximum absolute atomic E-state index is 16.5. The first-order valence-electron chi connectivity index (χ1n) is 10.8. The highest BCUT2D eigenvalue weighted by atomic mass is 19.1. The maximum Gasteiger partial charge on any atom is 0.267 e. The third-order valence-electron chi connectivity index (χ3n) is 6.45. The fourth-order valence-electron chi connectivity index (χ4n) is 4.48. The highest BCUT2D eigenvalue weighted by Gasteiger charge is 2.43. The van der Waals surface area contributed by atoms with Gasteiger partial charge in [-0.1, -0.05) is 13.0 Å². The van der Waals surface area contributed by atoms with Gasteiger partial charge >= 0.3 is 0 Å².